The van der Waals surface area contributed by atoms with Gasteiger partial charge in [0.05, 0.1) is 13.0 Å². The number of amides is 5. The minimum Gasteiger partial charge on any atom is -0.481 e. The summed E-state index contributed by atoms with van der Waals surface area (Å²) in [5, 5.41) is 21.4. The lowest BCUT2D eigenvalue weighted by Gasteiger charge is -2.30. The number of para-hydroxylation sites is 1. The molecule has 0 saturated carbocycles. The number of carboxylic acids is 1. The molecule has 5 amide bonds. The zero-order valence-corrected chi connectivity index (χ0v) is 31.3. The van der Waals surface area contributed by atoms with Crippen molar-refractivity contribution >= 4 is 52.4 Å². The first-order valence-electron chi connectivity index (χ1n) is 18.5. The quantitative estimate of drug-likeness (QED) is 0.0981. The van der Waals surface area contributed by atoms with E-state index in [1.165, 1.54) is 0 Å². The number of esters is 1. The number of hydrogen-bond acceptors (Lipinski definition) is 10. The number of carbonyl (C=O) groups is 7. The van der Waals surface area contributed by atoms with Crippen LogP contribution < -0.4 is 32.7 Å². The molecule has 4 rings (SSSR count). The van der Waals surface area contributed by atoms with E-state index < -0.39 is 96.2 Å². The fraction of sp³-hybridized carbons (Fsp3) is 0.595. The SMILES string of the molecule is CC(C)C[C@@H]1NC(=O)[C@@H](C(C)C)NC(=O)[C@@H]2C[C@@H](OC(=O)[C@@H](N)CCCCN)CN2C(=O)[C@@H](CC(=O)O)NC(=O)[C@@H](Cc2c[nH]c3ccccc23)NC1=O. The van der Waals surface area contributed by atoms with Crippen LogP contribution in [0.1, 0.15) is 71.8 Å². The van der Waals surface area contributed by atoms with Crippen molar-refractivity contribution in [3.05, 3.63) is 36.0 Å². The Morgan fingerprint density at radius 3 is 2.24 bits per heavy atom. The number of nitrogens with two attached hydrogens (primary N) is 2. The summed E-state index contributed by atoms with van der Waals surface area (Å²) in [4.78, 5) is 99.3. The Hall–Kier alpha value is -5.03. The van der Waals surface area contributed by atoms with Crippen molar-refractivity contribution in [1.29, 1.82) is 0 Å². The molecule has 0 bridgehead atoms. The molecule has 2 aromatic rings. The highest BCUT2D eigenvalue weighted by Gasteiger charge is 2.46. The van der Waals surface area contributed by atoms with E-state index in [2.05, 4.69) is 26.3 Å². The third-order valence-corrected chi connectivity index (χ3v) is 9.72. The maximum Gasteiger partial charge on any atom is 0.323 e. The van der Waals surface area contributed by atoms with Gasteiger partial charge in [-0.05, 0) is 49.3 Å². The number of nitrogens with zero attached hydrogens (tertiary/aromatic N) is 1. The molecule has 2 saturated heterocycles. The summed E-state index contributed by atoms with van der Waals surface area (Å²) < 4.78 is 5.65. The van der Waals surface area contributed by atoms with Crippen molar-refractivity contribution in [1.82, 2.24) is 31.2 Å². The predicted octanol–water partition coefficient (Wildman–Crippen LogP) is -0.191. The Balaban J connectivity index is 1.74. The lowest BCUT2D eigenvalue weighted by atomic mass is 9.98. The molecule has 17 nitrogen and oxygen atoms in total. The van der Waals surface area contributed by atoms with Crippen molar-refractivity contribution < 1.29 is 43.4 Å². The fourth-order valence-corrected chi connectivity index (χ4v) is 6.85. The second-order valence-corrected chi connectivity index (χ2v) is 14.9. The van der Waals surface area contributed by atoms with Crippen molar-refractivity contribution in [3.63, 3.8) is 0 Å². The van der Waals surface area contributed by atoms with E-state index in [1.807, 2.05) is 38.1 Å². The monoisotopic (exact) mass is 754 g/mol. The van der Waals surface area contributed by atoms with Crippen LogP contribution in [0, 0.1) is 11.8 Å². The van der Waals surface area contributed by atoms with Gasteiger partial charge in [0.1, 0.15) is 42.4 Å². The standard InChI is InChI=1S/C37H54N8O9/c1-19(2)13-26-32(48)41-27(14-21-17-40-25-11-6-5-9-23(21)25)33(49)43-28(16-30(46)47)36(52)45-18-22(54-37(53)24(39)10-7-8-12-38)15-29(45)34(50)44-31(20(3)4)35(51)42-26/h5-6,9,11,17,19-20,22,24,26-29,31,40H,7-8,10,12-16,18,38-39H2,1-4H3,(H,41,48)(H,42,51)(H,43,49)(H,44,50)(H,46,47)/t22-,24+,26+,27-,28-,29+,31-/m1/s1. The molecule has 1 aromatic carbocycles. The maximum absolute atomic E-state index is 14.3. The van der Waals surface area contributed by atoms with Crippen LogP contribution in [-0.2, 0) is 44.7 Å². The van der Waals surface area contributed by atoms with Crippen molar-refractivity contribution in [2.24, 2.45) is 23.3 Å². The van der Waals surface area contributed by atoms with E-state index in [-0.39, 0.29) is 31.7 Å². The Morgan fingerprint density at radius 1 is 0.907 bits per heavy atom. The van der Waals surface area contributed by atoms with Crippen LogP contribution in [0.2, 0.25) is 0 Å². The first kappa shape index (κ1) is 41.7. The highest BCUT2D eigenvalue weighted by atomic mass is 16.5. The molecule has 0 unspecified atom stereocenters. The lowest BCUT2D eigenvalue weighted by Crippen LogP contribution is -2.59. The normalized spacial score (nSPS) is 25.0. The summed E-state index contributed by atoms with van der Waals surface area (Å²) in [7, 11) is 0. The Labute approximate surface area is 314 Å². The van der Waals surface area contributed by atoms with Gasteiger partial charge in [-0.15, -0.1) is 0 Å². The second-order valence-electron chi connectivity index (χ2n) is 14.9. The van der Waals surface area contributed by atoms with Gasteiger partial charge < -0.3 is 52.5 Å². The number of carboxylic acid groups (broad SMARTS) is 1. The van der Waals surface area contributed by atoms with Gasteiger partial charge in [-0.3, -0.25) is 33.6 Å². The van der Waals surface area contributed by atoms with Gasteiger partial charge in [0, 0.05) is 29.9 Å². The largest absolute Gasteiger partial charge is 0.481 e. The summed E-state index contributed by atoms with van der Waals surface area (Å²) in [6.07, 6.45) is 1.33. The van der Waals surface area contributed by atoms with E-state index >= 15 is 0 Å². The maximum atomic E-state index is 14.3. The number of unbranched alkanes of at least 4 members (excludes halogenated alkanes) is 1. The molecule has 296 valence electrons. The Bertz CT molecular complexity index is 1690. The number of benzene rings is 1. The Morgan fingerprint density at radius 2 is 1.57 bits per heavy atom. The number of H-pyrrole nitrogens is 1. The minimum absolute atomic E-state index is 0.0531. The van der Waals surface area contributed by atoms with Gasteiger partial charge in [-0.2, -0.15) is 0 Å². The second kappa shape index (κ2) is 18.8. The van der Waals surface area contributed by atoms with Crippen LogP contribution >= 0.6 is 0 Å². The molecular weight excluding hydrogens is 700 g/mol. The summed E-state index contributed by atoms with van der Waals surface area (Å²) in [5.74, 6) is -6.58. The summed E-state index contributed by atoms with van der Waals surface area (Å²) in [6.45, 7) is 7.24. The number of aromatic nitrogens is 1. The van der Waals surface area contributed by atoms with Crippen LogP contribution in [-0.4, -0.2) is 112 Å². The number of carbonyl (C=O) groups excluding carboxylic acids is 6. The number of nitrogens with one attached hydrogen (secondary N) is 5. The molecule has 54 heavy (non-hydrogen) atoms. The molecule has 0 spiro atoms. The molecule has 0 radical (unpaired) electrons. The zero-order chi connectivity index (χ0) is 39.7. The molecule has 0 aliphatic carbocycles. The Kier molecular flexibility index (Phi) is 14.5. The average Bonchev–Trinajstić information content (AvgIpc) is 3.72. The highest BCUT2D eigenvalue weighted by Crippen LogP contribution is 2.25. The number of aromatic amines is 1. The molecule has 2 fully saturated rings. The van der Waals surface area contributed by atoms with Gasteiger partial charge >= 0.3 is 11.9 Å². The van der Waals surface area contributed by atoms with Gasteiger partial charge in [-0.1, -0.05) is 52.3 Å². The molecular formula is C37H54N8O9. The zero-order valence-electron chi connectivity index (χ0n) is 31.3. The minimum atomic E-state index is -1.68. The van der Waals surface area contributed by atoms with Crippen LogP contribution in [0.5, 0.6) is 0 Å². The molecule has 2 aliphatic rings. The number of hydrogen-bond donors (Lipinski definition) is 8. The van der Waals surface area contributed by atoms with E-state index in [4.69, 9.17) is 16.2 Å². The van der Waals surface area contributed by atoms with E-state index in [1.54, 1.807) is 20.0 Å². The van der Waals surface area contributed by atoms with Gasteiger partial charge in [0.2, 0.25) is 29.5 Å². The van der Waals surface area contributed by atoms with E-state index in [0.29, 0.717) is 31.4 Å². The number of rotatable bonds is 13. The molecule has 3 heterocycles. The number of ether oxygens (including phenoxy) is 1. The molecule has 10 N–H and O–H groups in total. The van der Waals surface area contributed by atoms with Crippen LogP contribution in [0.15, 0.2) is 30.5 Å². The molecule has 17 heteroatoms. The summed E-state index contributed by atoms with van der Waals surface area (Å²) in [6, 6.07) is -0.228. The van der Waals surface area contributed by atoms with Crippen molar-refractivity contribution in [2.75, 3.05) is 13.1 Å². The van der Waals surface area contributed by atoms with Crippen LogP contribution in [0.4, 0.5) is 0 Å². The van der Waals surface area contributed by atoms with Gasteiger partial charge in [0.15, 0.2) is 0 Å². The third-order valence-electron chi connectivity index (χ3n) is 9.72. The van der Waals surface area contributed by atoms with Crippen molar-refractivity contribution in [2.45, 2.75) is 115 Å². The summed E-state index contributed by atoms with van der Waals surface area (Å²) >= 11 is 0. The van der Waals surface area contributed by atoms with E-state index in [9.17, 15) is 38.7 Å². The topological polar surface area (TPSA) is 268 Å². The average molecular weight is 755 g/mol. The molecule has 1 aromatic heterocycles. The first-order valence-corrected chi connectivity index (χ1v) is 18.5. The lowest BCUT2D eigenvalue weighted by molar-refractivity contribution is -0.151. The third kappa shape index (κ3) is 10.8. The van der Waals surface area contributed by atoms with Crippen LogP contribution in [0.25, 0.3) is 10.9 Å². The van der Waals surface area contributed by atoms with Crippen LogP contribution in [0.3, 0.4) is 0 Å². The highest BCUT2D eigenvalue weighted by molar-refractivity contribution is 5.99. The molecule has 2 aliphatic heterocycles. The predicted molar refractivity (Wildman–Crippen MR) is 197 cm³/mol. The smallest absolute Gasteiger partial charge is 0.323 e. The first-order chi connectivity index (χ1) is 25.6. The van der Waals surface area contributed by atoms with Crippen molar-refractivity contribution in [3.8, 4) is 0 Å². The summed E-state index contributed by atoms with van der Waals surface area (Å²) in [5.41, 5.74) is 13.0. The number of fused-ring (bicyclic) bond motifs is 2. The molecule has 7 atom stereocenters. The van der Waals surface area contributed by atoms with Gasteiger partial charge in [0.25, 0.3) is 0 Å². The van der Waals surface area contributed by atoms with E-state index in [0.717, 1.165) is 15.8 Å². The van der Waals surface area contributed by atoms with Gasteiger partial charge in [-0.25, -0.2) is 0 Å². The fourth-order valence-electron chi connectivity index (χ4n) is 6.85. The number of aliphatic carboxylic acids is 1.